The van der Waals surface area contributed by atoms with Crippen LogP contribution in [0, 0.1) is 11.8 Å². The van der Waals surface area contributed by atoms with Crippen LogP contribution in [0.25, 0.3) is 5.69 Å². The van der Waals surface area contributed by atoms with Crippen molar-refractivity contribution >= 4 is 17.5 Å². The molecule has 3 aromatic rings. The Balaban J connectivity index is 1.74. The number of ketones is 2. The van der Waals surface area contributed by atoms with Gasteiger partial charge in [0.25, 0.3) is 5.91 Å². The van der Waals surface area contributed by atoms with E-state index in [0.29, 0.717) is 5.56 Å². The molecule has 0 radical (unpaired) electrons. The topological polar surface area (TPSA) is 94.0 Å². The fourth-order valence-electron chi connectivity index (χ4n) is 3.53. The van der Waals surface area contributed by atoms with Crippen molar-refractivity contribution in [1.82, 2.24) is 20.1 Å². The SMILES string of the molecule is CC(C)C(=O)C(C(=O)C(C)C)c1cccc(C(=O)NCc2cnn(-c3cccc(C(F)(F)F)c3)c2)n1. The van der Waals surface area contributed by atoms with Crippen LogP contribution in [-0.2, 0) is 22.3 Å². The van der Waals surface area contributed by atoms with Crippen molar-refractivity contribution in [2.45, 2.75) is 46.3 Å². The first-order valence-corrected chi connectivity index (χ1v) is 11.4. The van der Waals surface area contributed by atoms with Crippen LogP contribution in [0.5, 0.6) is 0 Å². The molecule has 0 spiro atoms. The summed E-state index contributed by atoms with van der Waals surface area (Å²) in [6.07, 6.45) is -1.53. The minimum absolute atomic E-state index is 0.0379. The van der Waals surface area contributed by atoms with E-state index in [4.69, 9.17) is 0 Å². The van der Waals surface area contributed by atoms with E-state index in [1.54, 1.807) is 39.8 Å². The molecule has 1 aromatic carbocycles. The Morgan fingerprint density at radius 2 is 1.61 bits per heavy atom. The summed E-state index contributed by atoms with van der Waals surface area (Å²) in [5.41, 5.74) is 0.252. The molecule has 3 rings (SSSR count). The normalized spacial score (nSPS) is 11.8. The highest BCUT2D eigenvalue weighted by atomic mass is 19.4. The van der Waals surface area contributed by atoms with E-state index in [9.17, 15) is 27.6 Å². The molecule has 0 aliphatic carbocycles. The van der Waals surface area contributed by atoms with Crippen molar-refractivity contribution in [1.29, 1.82) is 0 Å². The van der Waals surface area contributed by atoms with Gasteiger partial charge in [-0.3, -0.25) is 14.4 Å². The Morgan fingerprint density at radius 1 is 0.972 bits per heavy atom. The molecular weight excluding hydrogens is 473 g/mol. The molecule has 0 unspecified atom stereocenters. The molecule has 10 heteroatoms. The summed E-state index contributed by atoms with van der Waals surface area (Å²) in [5.74, 6) is -2.88. The van der Waals surface area contributed by atoms with Crippen LogP contribution in [0.15, 0.2) is 54.9 Å². The number of halogens is 3. The lowest BCUT2D eigenvalue weighted by atomic mass is 9.84. The van der Waals surface area contributed by atoms with Gasteiger partial charge >= 0.3 is 6.18 Å². The van der Waals surface area contributed by atoms with E-state index in [-0.39, 0.29) is 47.0 Å². The molecule has 0 aliphatic rings. The van der Waals surface area contributed by atoms with E-state index < -0.39 is 23.6 Å². The van der Waals surface area contributed by atoms with Crippen molar-refractivity contribution in [3.05, 3.63) is 77.4 Å². The van der Waals surface area contributed by atoms with Crippen LogP contribution in [0.3, 0.4) is 0 Å². The zero-order valence-electron chi connectivity index (χ0n) is 20.3. The van der Waals surface area contributed by atoms with Gasteiger partial charge in [-0.2, -0.15) is 18.3 Å². The van der Waals surface area contributed by atoms with Gasteiger partial charge in [-0.25, -0.2) is 9.67 Å². The Labute approximate surface area is 206 Å². The molecule has 1 N–H and O–H groups in total. The number of nitrogens with one attached hydrogen (secondary N) is 1. The number of Topliss-reactive ketones (excluding diaryl/α,β-unsaturated/α-hetero) is 2. The van der Waals surface area contributed by atoms with Gasteiger partial charge in [0.15, 0.2) is 11.6 Å². The summed E-state index contributed by atoms with van der Waals surface area (Å²) in [7, 11) is 0. The molecule has 0 atom stereocenters. The van der Waals surface area contributed by atoms with Crippen LogP contribution < -0.4 is 5.32 Å². The van der Waals surface area contributed by atoms with Gasteiger partial charge in [0.2, 0.25) is 0 Å². The van der Waals surface area contributed by atoms with Crippen molar-refractivity contribution < 1.29 is 27.6 Å². The number of carbonyl (C=O) groups excluding carboxylic acids is 3. The molecule has 2 aromatic heterocycles. The van der Waals surface area contributed by atoms with Gasteiger partial charge in [-0.15, -0.1) is 0 Å². The minimum Gasteiger partial charge on any atom is -0.347 e. The van der Waals surface area contributed by atoms with Gasteiger partial charge in [0, 0.05) is 30.1 Å². The molecule has 0 saturated carbocycles. The summed E-state index contributed by atoms with van der Waals surface area (Å²) in [6, 6.07) is 9.34. The average Bonchev–Trinajstić information content (AvgIpc) is 3.31. The van der Waals surface area contributed by atoms with Gasteiger partial charge in [0.1, 0.15) is 11.6 Å². The quantitative estimate of drug-likeness (QED) is 0.428. The predicted octanol–water partition coefficient (Wildman–Crippen LogP) is 4.75. The molecule has 0 aliphatic heterocycles. The number of aromatic nitrogens is 3. The van der Waals surface area contributed by atoms with E-state index in [2.05, 4.69) is 15.4 Å². The maximum atomic E-state index is 13.0. The van der Waals surface area contributed by atoms with Gasteiger partial charge in [0.05, 0.1) is 23.1 Å². The highest BCUT2D eigenvalue weighted by molar-refractivity contribution is 6.08. The maximum absolute atomic E-state index is 13.0. The Bertz CT molecular complexity index is 1250. The largest absolute Gasteiger partial charge is 0.416 e. The third-order valence-corrected chi connectivity index (χ3v) is 5.53. The van der Waals surface area contributed by atoms with Crippen molar-refractivity contribution in [3.63, 3.8) is 0 Å². The molecule has 2 heterocycles. The maximum Gasteiger partial charge on any atom is 0.416 e. The lowest BCUT2D eigenvalue weighted by molar-refractivity contribution is -0.137. The molecular formula is C26H27F3N4O3. The van der Waals surface area contributed by atoms with E-state index in [1.807, 2.05) is 0 Å². The first-order chi connectivity index (χ1) is 16.9. The monoisotopic (exact) mass is 500 g/mol. The average molecular weight is 501 g/mol. The second-order valence-electron chi connectivity index (χ2n) is 9.02. The number of nitrogens with zero attached hydrogens (tertiary/aromatic N) is 3. The third kappa shape index (κ3) is 6.24. The molecule has 0 fully saturated rings. The van der Waals surface area contributed by atoms with Crippen LogP contribution >= 0.6 is 0 Å². The molecule has 0 bridgehead atoms. The van der Waals surface area contributed by atoms with Crippen molar-refractivity contribution in [2.75, 3.05) is 0 Å². The highest BCUT2D eigenvalue weighted by Crippen LogP contribution is 2.30. The zero-order valence-corrected chi connectivity index (χ0v) is 20.3. The minimum atomic E-state index is -4.47. The molecule has 0 saturated heterocycles. The molecule has 36 heavy (non-hydrogen) atoms. The number of alkyl halides is 3. The van der Waals surface area contributed by atoms with Crippen LogP contribution in [-0.4, -0.2) is 32.2 Å². The van der Waals surface area contributed by atoms with Crippen LogP contribution in [0.2, 0.25) is 0 Å². The summed E-state index contributed by atoms with van der Waals surface area (Å²) >= 11 is 0. The summed E-state index contributed by atoms with van der Waals surface area (Å²) in [6.45, 7) is 6.87. The first kappa shape index (κ1) is 26.8. The van der Waals surface area contributed by atoms with E-state index >= 15 is 0 Å². The van der Waals surface area contributed by atoms with E-state index in [1.165, 1.54) is 35.3 Å². The Morgan fingerprint density at radius 3 is 2.22 bits per heavy atom. The first-order valence-electron chi connectivity index (χ1n) is 11.4. The van der Waals surface area contributed by atoms with Gasteiger partial charge < -0.3 is 5.32 Å². The number of rotatable bonds is 9. The number of benzene rings is 1. The smallest absolute Gasteiger partial charge is 0.347 e. The number of amides is 1. The van der Waals surface area contributed by atoms with Crippen molar-refractivity contribution in [3.8, 4) is 5.69 Å². The molecule has 1 amide bonds. The predicted molar refractivity (Wildman–Crippen MR) is 126 cm³/mol. The van der Waals surface area contributed by atoms with Crippen LogP contribution in [0.1, 0.15) is 60.9 Å². The standard InChI is InChI=1S/C26H27F3N4O3/c1-15(2)23(34)22(24(35)16(3)4)20-9-6-10-21(32-20)25(36)30-12-17-13-31-33(14-17)19-8-5-7-18(11-19)26(27,28)29/h5-11,13-16,22H,12H2,1-4H3,(H,30,36). The van der Waals surface area contributed by atoms with Crippen molar-refractivity contribution in [2.24, 2.45) is 11.8 Å². The van der Waals surface area contributed by atoms with E-state index in [0.717, 1.165) is 12.1 Å². The number of hydrogen-bond donors (Lipinski definition) is 1. The second-order valence-corrected chi connectivity index (χ2v) is 9.02. The lowest BCUT2D eigenvalue weighted by Crippen LogP contribution is -2.30. The highest BCUT2D eigenvalue weighted by Gasteiger charge is 2.33. The third-order valence-electron chi connectivity index (χ3n) is 5.53. The zero-order chi connectivity index (χ0) is 26.6. The Kier molecular flexibility index (Phi) is 8.07. The summed E-state index contributed by atoms with van der Waals surface area (Å²) in [5, 5.41) is 6.76. The number of hydrogen-bond acceptors (Lipinski definition) is 5. The number of pyridine rings is 1. The Hall–Kier alpha value is -3.82. The fraction of sp³-hybridized carbons (Fsp3) is 0.346. The van der Waals surface area contributed by atoms with Gasteiger partial charge in [-0.05, 0) is 30.3 Å². The summed E-state index contributed by atoms with van der Waals surface area (Å²) < 4.78 is 40.2. The summed E-state index contributed by atoms with van der Waals surface area (Å²) in [4.78, 5) is 42.5. The van der Waals surface area contributed by atoms with Gasteiger partial charge in [-0.1, -0.05) is 39.8 Å². The molecule has 190 valence electrons. The fourth-order valence-corrected chi connectivity index (χ4v) is 3.53. The molecule has 7 nitrogen and oxygen atoms in total. The lowest BCUT2D eigenvalue weighted by Gasteiger charge is -2.19. The van der Waals surface area contributed by atoms with Crippen LogP contribution in [0.4, 0.5) is 13.2 Å². The second kappa shape index (κ2) is 10.8. The number of carbonyl (C=O) groups is 3.